The van der Waals surface area contributed by atoms with E-state index >= 15 is 0 Å². The highest BCUT2D eigenvalue weighted by molar-refractivity contribution is 6.01. The molecule has 3 aromatic carbocycles. The Morgan fingerprint density at radius 3 is 2.38 bits per heavy atom. The Morgan fingerprint density at radius 1 is 0.853 bits per heavy atom. The minimum atomic E-state index is -0.00554. The fraction of sp³-hybridized carbons (Fsp3) is 0.0345. The molecule has 164 valence electrons. The molecule has 5 nitrogen and oxygen atoms in total. The molecule has 0 aromatic heterocycles. The maximum Gasteiger partial charge on any atom is 0.265 e. The lowest BCUT2D eigenvalue weighted by Crippen LogP contribution is -2.53. The average molecular weight is 444 g/mol. The van der Waals surface area contributed by atoms with Crippen LogP contribution >= 0.6 is 0 Å². The van der Waals surface area contributed by atoms with Crippen molar-refractivity contribution in [2.45, 2.75) is 6.61 Å². The number of benzene rings is 3. The van der Waals surface area contributed by atoms with Gasteiger partial charge in [-0.15, -0.1) is 4.59 Å². The van der Waals surface area contributed by atoms with Crippen molar-refractivity contribution in [2.75, 3.05) is 0 Å². The van der Waals surface area contributed by atoms with Crippen molar-refractivity contribution >= 4 is 12.1 Å². The van der Waals surface area contributed by atoms with Gasteiger partial charge in [0.25, 0.3) is 5.84 Å². The molecule has 0 bridgehead atoms. The lowest BCUT2D eigenvalue weighted by atomic mass is 10.0. The lowest BCUT2D eigenvalue weighted by molar-refractivity contribution is -0.750. The standard InChI is InChI=1S/C29H23N4O/c30-33-17-16-31-19-27(33)28(24-8-4-9-24)32-29(33)25-10-5-11-26(18-25)34-20-21-12-14-23(15-13-21)22-6-2-1-3-7-22/h1-19H,20,30H2/q+1. The fourth-order valence-corrected chi connectivity index (χ4v) is 4.26. The van der Waals surface area contributed by atoms with E-state index in [1.54, 1.807) is 12.4 Å². The third-order valence-corrected chi connectivity index (χ3v) is 6.18. The molecule has 2 N–H and O–H groups in total. The quantitative estimate of drug-likeness (QED) is 0.396. The van der Waals surface area contributed by atoms with Crippen LogP contribution in [0.2, 0.25) is 0 Å². The summed E-state index contributed by atoms with van der Waals surface area (Å²) >= 11 is 0. The van der Waals surface area contributed by atoms with Crippen LogP contribution in [0.15, 0.2) is 136 Å². The van der Waals surface area contributed by atoms with Crippen molar-refractivity contribution in [3.63, 3.8) is 0 Å². The summed E-state index contributed by atoms with van der Waals surface area (Å²) in [7, 11) is 0. The van der Waals surface area contributed by atoms with Crippen LogP contribution in [0.25, 0.3) is 11.1 Å². The van der Waals surface area contributed by atoms with Crippen molar-refractivity contribution in [3.05, 3.63) is 138 Å². The first-order valence-corrected chi connectivity index (χ1v) is 11.2. The van der Waals surface area contributed by atoms with Gasteiger partial charge in [0.2, 0.25) is 5.70 Å². The molecule has 0 amide bonds. The van der Waals surface area contributed by atoms with Crippen molar-refractivity contribution in [1.82, 2.24) is 0 Å². The lowest BCUT2D eigenvalue weighted by Gasteiger charge is -2.26. The highest BCUT2D eigenvalue weighted by atomic mass is 16.5. The van der Waals surface area contributed by atoms with E-state index in [4.69, 9.17) is 15.6 Å². The Labute approximate surface area is 198 Å². The van der Waals surface area contributed by atoms with E-state index in [2.05, 4.69) is 53.5 Å². The number of allylic oxidation sites excluding steroid dienone is 4. The largest absolute Gasteiger partial charge is 0.489 e. The fourth-order valence-electron chi connectivity index (χ4n) is 4.26. The third-order valence-electron chi connectivity index (χ3n) is 6.18. The molecule has 5 heteroatoms. The number of ether oxygens (including phenoxy) is 1. The Hall–Kier alpha value is -4.32. The molecule has 0 spiro atoms. The first kappa shape index (κ1) is 20.3. The normalized spacial score (nSPS) is 20.0. The first-order chi connectivity index (χ1) is 16.7. The summed E-state index contributed by atoms with van der Waals surface area (Å²) < 4.78 is 6.12. The highest BCUT2D eigenvalue weighted by Crippen LogP contribution is 2.36. The van der Waals surface area contributed by atoms with Crippen LogP contribution in [0.5, 0.6) is 5.75 Å². The molecule has 3 aliphatic rings. The molecular formula is C29H23N4O+. The molecule has 6 rings (SSSR count). The van der Waals surface area contributed by atoms with Gasteiger partial charge < -0.3 is 4.74 Å². The van der Waals surface area contributed by atoms with Crippen molar-refractivity contribution < 1.29 is 9.33 Å². The molecule has 0 fully saturated rings. The van der Waals surface area contributed by atoms with Crippen LogP contribution in [0.1, 0.15) is 11.1 Å². The van der Waals surface area contributed by atoms with Crippen LogP contribution in [-0.2, 0) is 6.61 Å². The molecule has 0 saturated heterocycles. The predicted molar refractivity (Wildman–Crippen MR) is 136 cm³/mol. The second-order valence-corrected chi connectivity index (χ2v) is 8.38. The molecule has 2 heterocycles. The molecule has 2 aliphatic heterocycles. The number of rotatable bonds is 6. The molecule has 1 unspecified atom stereocenters. The number of amidine groups is 1. The average Bonchev–Trinajstić information content (AvgIpc) is 3.15. The Morgan fingerprint density at radius 2 is 1.62 bits per heavy atom. The zero-order chi connectivity index (χ0) is 23.0. The summed E-state index contributed by atoms with van der Waals surface area (Å²) in [5.74, 6) is 8.32. The van der Waals surface area contributed by atoms with E-state index in [-0.39, 0.29) is 4.59 Å². The van der Waals surface area contributed by atoms with Crippen molar-refractivity contribution in [3.8, 4) is 16.9 Å². The van der Waals surface area contributed by atoms with Gasteiger partial charge in [-0.2, -0.15) is 10.8 Å². The molecular weight excluding hydrogens is 420 g/mol. The molecule has 0 saturated carbocycles. The summed E-state index contributed by atoms with van der Waals surface area (Å²) in [4.78, 5) is 9.20. The van der Waals surface area contributed by atoms with Crippen LogP contribution in [-0.4, -0.2) is 16.6 Å². The van der Waals surface area contributed by atoms with E-state index in [0.717, 1.165) is 39.7 Å². The highest BCUT2D eigenvalue weighted by Gasteiger charge is 2.44. The zero-order valence-corrected chi connectivity index (χ0v) is 18.5. The monoisotopic (exact) mass is 443 g/mol. The van der Waals surface area contributed by atoms with Gasteiger partial charge in [-0.05, 0) is 34.9 Å². The summed E-state index contributed by atoms with van der Waals surface area (Å²) in [5.41, 5.74) is 7.20. The number of fused-ring (bicyclic) bond motifs is 1. The van der Waals surface area contributed by atoms with E-state index in [1.807, 2.05) is 54.8 Å². The van der Waals surface area contributed by atoms with Gasteiger partial charge in [-0.1, -0.05) is 78.9 Å². The van der Waals surface area contributed by atoms with E-state index in [9.17, 15) is 0 Å². The molecule has 0 radical (unpaired) electrons. The van der Waals surface area contributed by atoms with Gasteiger partial charge in [0, 0.05) is 5.57 Å². The number of nitrogens with two attached hydrogens (primary N) is 1. The minimum absolute atomic E-state index is 0.00554. The SMILES string of the molecule is N[N+]12C=CN=CC1=C(C1=CC=C1)N=C2c1cccc(OCc2ccc(-c3ccccc3)cc2)c1. The molecule has 3 aromatic rings. The molecule has 1 atom stereocenters. The molecule has 1 aliphatic carbocycles. The number of hydrogen-bond acceptors (Lipinski definition) is 4. The summed E-state index contributed by atoms with van der Waals surface area (Å²) in [6.07, 6.45) is 11.4. The Bertz CT molecular complexity index is 1440. The maximum absolute atomic E-state index is 6.80. The second kappa shape index (κ2) is 8.23. The van der Waals surface area contributed by atoms with Crippen LogP contribution < -0.4 is 10.6 Å². The molecule has 34 heavy (non-hydrogen) atoms. The van der Waals surface area contributed by atoms with E-state index in [0.29, 0.717) is 6.61 Å². The van der Waals surface area contributed by atoms with E-state index in [1.165, 1.54) is 11.1 Å². The summed E-state index contributed by atoms with van der Waals surface area (Å²) in [6.45, 7) is 0.479. The van der Waals surface area contributed by atoms with Crippen LogP contribution in [0.3, 0.4) is 0 Å². The summed E-state index contributed by atoms with van der Waals surface area (Å²) in [5, 5.41) is 0. The maximum atomic E-state index is 6.80. The zero-order valence-electron chi connectivity index (χ0n) is 18.5. The number of aliphatic imine (C=N–C) groups is 2. The second-order valence-electron chi connectivity index (χ2n) is 8.38. The first-order valence-electron chi connectivity index (χ1n) is 11.2. The predicted octanol–water partition coefficient (Wildman–Crippen LogP) is 5.65. The smallest absolute Gasteiger partial charge is 0.265 e. The van der Waals surface area contributed by atoms with Crippen molar-refractivity contribution in [1.29, 1.82) is 0 Å². The minimum Gasteiger partial charge on any atom is -0.489 e. The number of quaternary nitrogens is 1. The number of hydrogen-bond donors (Lipinski definition) is 1. The van der Waals surface area contributed by atoms with Crippen molar-refractivity contribution in [2.24, 2.45) is 15.8 Å². The topological polar surface area (TPSA) is 60.0 Å². The van der Waals surface area contributed by atoms with Gasteiger partial charge in [0.15, 0.2) is 0 Å². The van der Waals surface area contributed by atoms with Gasteiger partial charge in [-0.25, -0.2) is 0 Å². The van der Waals surface area contributed by atoms with Crippen LogP contribution in [0.4, 0.5) is 0 Å². The Balaban J connectivity index is 1.22. The van der Waals surface area contributed by atoms with Gasteiger partial charge in [-0.3, -0.25) is 4.99 Å². The van der Waals surface area contributed by atoms with Gasteiger partial charge >= 0.3 is 0 Å². The number of nitrogens with zero attached hydrogens (tertiary/aromatic N) is 3. The van der Waals surface area contributed by atoms with Gasteiger partial charge in [0.05, 0.1) is 18.0 Å². The van der Waals surface area contributed by atoms with Gasteiger partial charge in [0.1, 0.15) is 24.3 Å². The van der Waals surface area contributed by atoms with Crippen LogP contribution in [0, 0.1) is 0 Å². The third kappa shape index (κ3) is 3.53. The van der Waals surface area contributed by atoms with E-state index < -0.39 is 0 Å². The summed E-state index contributed by atoms with van der Waals surface area (Å²) in [6, 6.07) is 26.8. The Kier molecular flexibility index (Phi) is 4.91.